The van der Waals surface area contributed by atoms with Crippen LogP contribution in [0.5, 0.6) is 0 Å². The molecule has 0 radical (unpaired) electrons. The second-order valence-electron chi connectivity index (χ2n) is 5.35. The molecular weight excluding hydrogens is 306 g/mol. The summed E-state index contributed by atoms with van der Waals surface area (Å²) in [6, 6.07) is 3.62. The Bertz CT molecular complexity index is 438. The van der Waals surface area contributed by atoms with Gasteiger partial charge >= 0.3 is 5.97 Å². The van der Waals surface area contributed by atoms with Gasteiger partial charge in [0.2, 0.25) is 0 Å². The summed E-state index contributed by atoms with van der Waals surface area (Å²) in [5, 5.41) is 10.1. The molecule has 0 aliphatic carbocycles. The van der Waals surface area contributed by atoms with Crippen molar-refractivity contribution in [2.24, 2.45) is 5.41 Å². The van der Waals surface area contributed by atoms with E-state index in [2.05, 4.69) is 11.9 Å². The molecule has 1 unspecified atom stereocenters. The van der Waals surface area contributed by atoms with Crippen molar-refractivity contribution < 1.29 is 9.90 Å². The molecule has 0 spiro atoms. The summed E-state index contributed by atoms with van der Waals surface area (Å²) in [6.45, 7) is 4.13. The molecule has 0 aliphatic rings. The Morgan fingerprint density at radius 3 is 2.62 bits per heavy atom. The Balaban J connectivity index is 2.63. The number of halogens is 1. The molecule has 3 nitrogen and oxygen atoms in total. The van der Waals surface area contributed by atoms with Gasteiger partial charge in [-0.15, -0.1) is 11.8 Å². The lowest BCUT2D eigenvalue weighted by atomic mass is 9.82. The highest BCUT2D eigenvalue weighted by Crippen LogP contribution is 2.36. The fraction of sp³-hybridized carbons (Fsp3) is 0.625. The number of hydrogen-bond donors (Lipinski definition) is 1. The van der Waals surface area contributed by atoms with Crippen LogP contribution in [0.3, 0.4) is 0 Å². The number of nitrogens with zero attached hydrogens (tertiary/aromatic N) is 1. The third kappa shape index (κ3) is 5.87. The number of pyridine rings is 1. The Morgan fingerprint density at radius 2 is 2.10 bits per heavy atom. The number of aromatic nitrogens is 1. The molecule has 1 aromatic heterocycles. The van der Waals surface area contributed by atoms with Crippen molar-refractivity contribution in [3.8, 4) is 0 Å². The molecule has 0 fully saturated rings. The normalized spacial score (nSPS) is 13.9. The summed E-state index contributed by atoms with van der Waals surface area (Å²) in [5.41, 5.74) is -0.641. The minimum absolute atomic E-state index is 0.457. The predicted octanol–water partition coefficient (Wildman–Crippen LogP) is 5.28. The van der Waals surface area contributed by atoms with E-state index in [1.165, 1.54) is 6.42 Å². The van der Waals surface area contributed by atoms with Crippen LogP contribution < -0.4 is 0 Å². The van der Waals surface area contributed by atoms with Crippen molar-refractivity contribution in [2.45, 2.75) is 57.3 Å². The second-order valence-corrected chi connectivity index (χ2v) is 6.79. The molecule has 0 saturated heterocycles. The summed E-state index contributed by atoms with van der Waals surface area (Å²) in [6.07, 6.45) is 7.53. The van der Waals surface area contributed by atoms with Crippen LogP contribution in [0.1, 0.15) is 52.4 Å². The second kappa shape index (κ2) is 9.31. The van der Waals surface area contributed by atoms with E-state index in [0.717, 1.165) is 30.6 Å². The van der Waals surface area contributed by atoms with E-state index in [0.29, 0.717) is 17.3 Å². The van der Waals surface area contributed by atoms with Crippen molar-refractivity contribution in [3.63, 3.8) is 0 Å². The van der Waals surface area contributed by atoms with E-state index < -0.39 is 11.4 Å². The van der Waals surface area contributed by atoms with Crippen LogP contribution >= 0.6 is 23.4 Å². The van der Waals surface area contributed by atoms with Crippen molar-refractivity contribution >= 4 is 29.3 Å². The number of carbonyl (C=O) groups is 1. The highest BCUT2D eigenvalue weighted by Gasteiger charge is 2.36. The van der Waals surface area contributed by atoms with Crippen molar-refractivity contribution in [2.75, 3.05) is 5.75 Å². The highest BCUT2D eigenvalue weighted by molar-refractivity contribution is 7.99. The van der Waals surface area contributed by atoms with E-state index in [1.54, 1.807) is 24.0 Å². The van der Waals surface area contributed by atoms with Gasteiger partial charge in [0.05, 0.1) is 5.41 Å². The van der Waals surface area contributed by atoms with Crippen LogP contribution in [-0.2, 0) is 4.79 Å². The van der Waals surface area contributed by atoms with Crippen LogP contribution in [0.25, 0.3) is 0 Å². The average Bonchev–Trinajstić information content (AvgIpc) is 2.48. The van der Waals surface area contributed by atoms with Crippen molar-refractivity contribution in [3.05, 3.63) is 23.5 Å². The Morgan fingerprint density at radius 1 is 1.33 bits per heavy atom. The monoisotopic (exact) mass is 329 g/mol. The molecule has 0 saturated carbocycles. The Kier molecular flexibility index (Phi) is 8.12. The van der Waals surface area contributed by atoms with E-state index in [9.17, 15) is 9.90 Å². The first-order chi connectivity index (χ1) is 10.0. The van der Waals surface area contributed by atoms with E-state index in [1.807, 2.05) is 13.0 Å². The van der Waals surface area contributed by atoms with Gasteiger partial charge in [-0.1, -0.05) is 51.1 Å². The first-order valence-corrected chi connectivity index (χ1v) is 8.88. The maximum absolute atomic E-state index is 11.7. The van der Waals surface area contributed by atoms with Gasteiger partial charge in [-0.05, 0) is 25.0 Å². The molecule has 0 bridgehead atoms. The molecular formula is C16H24ClNO2S. The number of hydrogen-bond acceptors (Lipinski definition) is 3. The predicted molar refractivity (Wildman–Crippen MR) is 89.1 cm³/mol. The fourth-order valence-electron chi connectivity index (χ4n) is 2.23. The summed E-state index contributed by atoms with van der Waals surface area (Å²) in [5.74, 6) is -0.107. The largest absolute Gasteiger partial charge is 0.481 e. The van der Waals surface area contributed by atoms with Crippen molar-refractivity contribution in [1.82, 2.24) is 4.98 Å². The summed E-state index contributed by atoms with van der Waals surface area (Å²) < 4.78 is 0. The minimum Gasteiger partial charge on any atom is -0.481 e. The molecule has 1 rings (SSSR count). The zero-order chi connectivity index (χ0) is 15.7. The lowest BCUT2D eigenvalue weighted by Crippen LogP contribution is -2.33. The molecule has 1 atom stereocenters. The average molecular weight is 330 g/mol. The molecule has 0 aromatic carbocycles. The van der Waals surface area contributed by atoms with Crippen molar-refractivity contribution in [1.29, 1.82) is 0 Å². The third-order valence-corrected chi connectivity index (χ3v) is 5.35. The maximum Gasteiger partial charge on any atom is 0.310 e. The minimum atomic E-state index is -0.684. The Labute approximate surface area is 136 Å². The molecule has 0 aliphatic heterocycles. The van der Waals surface area contributed by atoms with Crippen LogP contribution in [-0.4, -0.2) is 21.8 Å². The molecule has 21 heavy (non-hydrogen) atoms. The lowest BCUT2D eigenvalue weighted by molar-refractivity contribution is -0.148. The topological polar surface area (TPSA) is 50.2 Å². The van der Waals surface area contributed by atoms with Gasteiger partial charge < -0.3 is 5.11 Å². The lowest BCUT2D eigenvalue weighted by Gasteiger charge is -2.27. The van der Waals surface area contributed by atoms with Crippen LogP contribution in [0.15, 0.2) is 23.2 Å². The maximum atomic E-state index is 11.7. The van der Waals surface area contributed by atoms with E-state index in [-0.39, 0.29) is 0 Å². The smallest absolute Gasteiger partial charge is 0.310 e. The third-order valence-electron chi connectivity index (χ3n) is 3.85. The number of rotatable bonds is 10. The van der Waals surface area contributed by atoms with Crippen LogP contribution in [0.4, 0.5) is 0 Å². The summed E-state index contributed by atoms with van der Waals surface area (Å²) in [4.78, 5) is 16.7. The zero-order valence-corrected chi connectivity index (χ0v) is 14.3. The van der Waals surface area contributed by atoms with E-state index in [4.69, 9.17) is 11.6 Å². The number of aliphatic carboxylic acids is 1. The number of unbranched alkanes of at least 4 members (excludes halogenated alkanes) is 3. The van der Waals surface area contributed by atoms with Gasteiger partial charge in [0.25, 0.3) is 0 Å². The van der Waals surface area contributed by atoms with Crippen LogP contribution in [0, 0.1) is 5.41 Å². The van der Waals surface area contributed by atoms with Gasteiger partial charge in [-0.3, -0.25) is 4.79 Å². The standard InChI is InChI=1S/C16H24ClNO2S/c1-3-5-6-7-10-16(4-2,15(19)20)12-21-13-8-9-14(17)18-11-13/h8-9,11H,3-7,10,12H2,1-2H3,(H,19,20). The van der Waals surface area contributed by atoms with Gasteiger partial charge in [-0.25, -0.2) is 4.98 Å². The first-order valence-electron chi connectivity index (χ1n) is 7.52. The van der Waals surface area contributed by atoms with Gasteiger partial charge in [0, 0.05) is 16.8 Å². The number of carboxylic acids is 1. The number of carboxylic acid groups (broad SMARTS) is 1. The van der Waals surface area contributed by atoms with Crippen LogP contribution in [0.2, 0.25) is 5.15 Å². The molecule has 5 heteroatoms. The van der Waals surface area contributed by atoms with Gasteiger partial charge in [-0.2, -0.15) is 0 Å². The summed E-state index contributed by atoms with van der Waals surface area (Å²) >= 11 is 7.31. The number of thioether (sulfide) groups is 1. The summed E-state index contributed by atoms with van der Waals surface area (Å²) in [7, 11) is 0. The van der Waals surface area contributed by atoms with Gasteiger partial charge in [0.15, 0.2) is 0 Å². The molecule has 118 valence electrons. The zero-order valence-electron chi connectivity index (χ0n) is 12.8. The quantitative estimate of drug-likeness (QED) is 0.360. The SMILES string of the molecule is CCCCCCC(CC)(CSc1ccc(Cl)nc1)C(=O)O. The Hall–Kier alpha value is -0.740. The highest BCUT2D eigenvalue weighted by atomic mass is 35.5. The van der Waals surface area contributed by atoms with Gasteiger partial charge in [0.1, 0.15) is 5.15 Å². The molecule has 0 amide bonds. The molecule has 1 N–H and O–H groups in total. The van der Waals surface area contributed by atoms with E-state index >= 15 is 0 Å². The fourth-order valence-corrected chi connectivity index (χ4v) is 3.55. The molecule has 1 aromatic rings. The first kappa shape index (κ1) is 18.3. The molecule has 1 heterocycles.